The van der Waals surface area contributed by atoms with Crippen molar-refractivity contribution in [1.82, 2.24) is 0 Å². The van der Waals surface area contributed by atoms with Gasteiger partial charge < -0.3 is 5.11 Å². The van der Waals surface area contributed by atoms with E-state index >= 15 is 0 Å². The third-order valence-corrected chi connectivity index (χ3v) is 3.97. The second kappa shape index (κ2) is 6.80. The van der Waals surface area contributed by atoms with Crippen LogP contribution in [-0.2, 0) is 4.79 Å². The van der Waals surface area contributed by atoms with E-state index in [0.29, 0.717) is 11.3 Å². The maximum Gasteiger partial charge on any atom is 0.274 e. The average Bonchev–Trinajstić information content (AvgIpc) is 2.43. The fourth-order valence-corrected chi connectivity index (χ4v) is 2.38. The maximum absolute atomic E-state index is 12.1. The van der Waals surface area contributed by atoms with Gasteiger partial charge in [-0.1, -0.05) is 6.92 Å². The van der Waals surface area contributed by atoms with E-state index < -0.39 is 11.5 Å². The van der Waals surface area contributed by atoms with Crippen LogP contribution in [0.4, 0.5) is 5.69 Å². The first-order valence-corrected chi connectivity index (χ1v) is 7.22. The second-order valence-corrected chi connectivity index (χ2v) is 5.77. The summed E-state index contributed by atoms with van der Waals surface area (Å²) in [5.41, 5.74) is -0.613. The molecule has 1 rings (SSSR count). The molecule has 0 aromatic heterocycles. The zero-order valence-electron chi connectivity index (χ0n) is 10.8. The molecule has 102 valence electrons. The Hall–Kier alpha value is -1.22. The molecule has 0 heterocycles. The Labute approximate surface area is 122 Å². The third-order valence-electron chi connectivity index (χ3n) is 2.45. The molecule has 1 amide bonds. The van der Waals surface area contributed by atoms with Crippen molar-refractivity contribution < 1.29 is 9.90 Å². The van der Waals surface area contributed by atoms with Gasteiger partial charge in [-0.05, 0) is 36.9 Å². The van der Waals surface area contributed by atoms with Gasteiger partial charge in [0, 0.05) is 17.5 Å². The molecule has 0 aliphatic carbocycles. The van der Waals surface area contributed by atoms with Crippen molar-refractivity contribution in [2.75, 3.05) is 15.9 Å². The number of carbonyl (C=O) groups excluding carboxylic acids is 1. The molecule has 1 N–H and O–H groups in total. The average molecular weight is 299 g/mol. The molecular weight excluding hydrogens is 284 g/mol. The molecule has 19 heavy (non-hydrogen) atoms. The number of nitriles is 1. The van der Waals surface area contributed by atoms with Crippen molar-refractivity contribution >= 4 is 35.1 Å². The molecular formula is C13H15ClN2O2S. The van der Waals surface area contributed by atoms with E-state index in [0.717, 1.165) is 10.2 Å². The molecule has 1 aromatic carbocycles. The minimum absolute atomic E-state index is 0.280. The highest BCUT2D eigenvalue weighted by Gasteiger charge is 2.34. The summed E-state index contributed by atoms with van der Waals surface area (Å²) in [6.45, 7) is 3.39. The number of benzene rings is 1. The van der Waals surface area contributed by atoms with E-state index in [4.69, 9.17) is 17.0 Å². The van der Waals surface area contributed by atoms with Gasteiger partial charge in [-0.25, -0.2) is 4.42 Å². The summed E-state index contributed by atoms with van der Waals surface area (Å²) in [5, 5.41) is 18.8. The predicted molar refractivity (Wildman–Crippen MR) is 78.1 cm³/mol. The van der Waals surface area contributed by atoms with Gasteiger partial charge >= 0.3 is 0 Å². The van der Waals surface area contributed by atoms with Gasteiger partial charge in [0.15, 0.2) is 5.60 Å². The molecule has 0 bridgehead atoms. The lowest BCUT2D eigenvalue weighted by atomic mass is 10.1. The zero-order valence-corrected chi connectivity index (χ0v) is 12.3. The Morgan fingerprint density at radius 3 is 2.58 bits per heavy atom. The number of aliphatic hydroxyl groups is 1. The zero-order chi connectivity index (χ0) is 14.5. The molecule has 0 aliphatic heterocycles. The molecule has 1 unspecified atom stereocenters. The van der Waals surface area contributed by atoms with Crippen molar-refractivity contribution in [3.8, 4) is 6.07 Å². The van der Waals surface area contributed by atoms with Crippen LogP contribution in [-0.4, -0.2) is 28.1 Å². The summed E-state index contributed by atoms with van der Waals surface area (Å²) in [6.07, 6.45) is 0. The van der Waals surface area contributed by atoms with Crippen LogP contribution >= 0.6 is 23.5 Å². The normalized spacial score (nSPS) is 13.4. The topological polar surface area (TPSA) is 64.3 Å². The number of nitrogens with zero attached hydrogens (tertiary/aromatic N) is 2. The first-order chi connectivity index (χ1) is 8.92. The molecule has 0 spiro atoms. The molecule has 0 saturated carbocycles. The molecule has 0 aliphatic rings. The van der Waals surface area contributed by atoms with Gasteiger partial charge in [-0.3, -0.25) is 4.79 Å². The minimum Gasteiger partial charge on any atom is -0.379 e. The van der Waals surface area contributed by atoms with Crippen LogP contribution in [0.25, 0.3) is 0 Å². The van der Waals surface area contributed by atoms with E-state index in [1.165, 1.54) is 18.7 Å². The van der Waals surface area contributed by atoms with Crippen molar-refractivity contribution in [3.63, 3.8) is 0 Å². The van der Waals surface area contributed by atoms with Crippen molar-refractivity contribution in [3.05, 3.63) is 29.8 Å². The van der Waals surface area contributed by atoms with Crippen LogP contribution in [0.2, 0.25) is 0 Å². The highest BCUT2D eigenvalue weighted by molar-refractivity contribution is 7.99. The number of halogens is 1. The summed E-state index contributed by atoms with van der Waals surface area (Å²) in [7, 11) is 0. The van der Waals surface area contributed by atoms with Gasteiger partial charge in [0.25, 0.3) is 5.91 Å². The van der Waals surface area contributed by atoms with E-state index in [1.807, 2.05) is 13.0 Å². The van der Waals surface area contributed by atoms with E-state index in [1.54, 1.807) is 24.3 Å². The fourth-order valence-electron chi connectivity index (χ4n) is 1.36. The van der Waals surface area contributed by atoms with Crippen molar-refractivity contribution in [1.29, 1.82) is 5.26 Å². The number of hydrogen-bond acceptors (Lipinski definition) is 4. The number of thioether (sulfide) groups is 1. The Morgan fingerprint density at radius 2 is 2.11 bits per heavy atom. The molecule has 1 aromatic rings. The monoisotopic (exact) mass is 298 g/mol. The van der Waals surface area contributed by atoms with Gasteiger partial charge in [-0.2, -0.15) is 17.0 Å². The number of amides is 1. The van der Waals surface area contributed by atoms with Crippen LogP contribution in [0, 0.1) is 11.3 Å². The van der Waals surface area contributed by atoms with Crippen LogP contribution in [0.5, 0.6) is 0 Å². The molecule has 0 fully saturated rings. The minimum atomic E-state index is -1.52. The lowest BCUT2D eigenvalue weighted by Crippen LogP contribution is -2.45. The van der Waals surface area contributed by atoms with Crippen LogP contribution in [0.3, 0.4) is 0 Å². The smallest absolute Gasteiger partial charge is 0.274 e. The molecule has 1 atom stereocenters. The van der Waals surface area contributed by atoms with Gasteiger partial charge in [0.2, 0.25) is 0 Å². The van der Waals surface area contributed by atoms with Gasteiger partial charge in [0.05, 0.1) is 17.3 Å². The summed E-state index contributed by atoms with van der Waals surface area (Å²) in [5.74, 6) is 0.504. The highest BCUT2D eigenvalue weighted by atomic mass is 35.5. The number of anilines is 1. The standard InChI is InChI=1S/C13H15ClN2O2S/c1-3-19-9-13(2,18)12(17)16(14)11-6-4-10(8-15)5-7-11/h4-7,18H,3,9H2,1-2H3. The first kappa shape index (κ1) is 15.8. The Morgan fingerprint density at radius 1 is 1.53 bits per heavy atom. The molecule has 0 saturated heterocycles. The van der Waals surface area contributed by atoms with Crippen molar-refractivity contribution in [2.24, 2.45) is 0 Å². The predicted octanol–water partition coefficient (Wildman–Crippen LogP) is 2.55. The Bertz CT molecular complexity index is 482. The number of hydrogen-bond donors (Lipinski definition) is 1. The summed E-state index contributed by atoms with van der Waals surface area (Å²) < 4.78 is 0.886. The summed E-state index contributed by atoms with van der Waals surface area (Å²) in [6, 6.07) is 8.23. The van der Waals surface area contributed by atoms with E-state index in [-0.39, 0.29) is 5.75 Å². The fraction of sp³-hybridized carbons (Fsp3) is 0.385. The lowest BCUT2D eigenvalue weighted by Gasteiger charge is -2.25. The molecule has 4 nitrogen and oxygen atoms in total. The lowest BCUT2D eigenvalue weighted by molar-refractivity contribution is -0.131. The van der Waals surface area contributed by atoms with E-state index in [2.05, 4.69) is 0 Å². The van der Waals surface area contributed by atoms with Gasteiger partial charge in [0.1, 0.15) is 0 Å². The molecule has 0 radical (unpaired) electrons. The number of rotatable bonds is 5. The number of carbonyl (C=O) groups is 1. The Kier molecular flexibility index (Phi) is 5.67. The van der Waals surface area contributed by atoms with E-state index in [9.17, 15) is 9.90 Å². The third kappa shape index (κ3) is 4.13. The SMILES string of the molecule is CCSCC(C)(O)C(=O)N(Cl)c1ccc(C#N)cc1. The Balaban J connectivity index is 2.83. The highest BCUT2D eigenvalue weighted by Crippen LogP contribution is 2.23. The van der Waals surface area contributed by atoms with Crippen LogP contribution in [0.1, 0.15) is 19.4 Å². The van der Waals surface area contributed by atoms with Crippen LogP contribution in [0.15, 0.2) is 24.3 Å². The first-order valence-electron chi connectivity index (χ1n) is 5.73. The quantitative estimate of drug-likeness (QED) is 0.849. The molecule has 6 heteroatoms. The van der Waals surface area contributed by atoms with Gasteiger partial charge in [-0.15, -0.1) is 0 Å². The summed E-state index contributed by atoms with van der Waals surface area (Å²) >= 11 is 7.41. The van der Waals surface area contributed by atoms with Crippen LogP contribution < -0.4 is 4.42 Å². The second-order valence-electron chi connectivity index (χ2n) is 4.16. The maximum atomic E-state index is 12.1. The largest absolute Gasteiger partial charge is 0.379 e. The van der Waals surface area contributed by atoms with Crippen molar-refractivity contribution in [2.45, 2.75) is 19.4 Å². The summed E-state index contributed by atoms with van der Waals surface area (Å²) in [4.78, 5) is 12.1.